The zero-order valence-corrected chi connectivity index (χ0v) is 11.4. The molecule has 16 heavy (non-hydrogen) atoms. The third kappa shape index (κ3) is 1.99. The van der Waals surface area contributed by atoms with Crippen LogP contribution in [0.2, 0.25) is 5.28 Å². The van der Waals surface area contributed by atoms with Crippen molar-refractivity contribution in [2.24, 2.45) is 0 Å². The second-order valence-corrected chi connectivity index (χ2v) is 4.70. The molecule has 1 aromatic carbocycles. The lowest BCUT2D eigenvalue weighted by atomic mass is 10.2. The Bertz CT molecular complexity index is 522. The Labute approximate surface area is 108 Å². The molecule has 0 aliphatic carbocycles. The van der Waals surface area contributed by atoms with Gasteiger partial charge >= 0.3 is 0 Å². The lowest BCUT2D eigenvalue weighted by Crippen LogP contribution is -2.00. The highest BCUT2D eigenvalue weighted by Crippen LogP contribution is 2.23. The van der Waals surface area contributed by atoms with Gasteiger partial charge in [-0.15, -0.1) is 10.2 Å². The molecule has 84 valence electrons. The van der Waals surface area contributed by atoms with Crippen molar-refractivity contribution < 1.29 is 0 Å². The van der Waals surface area contributed by atoms with Gasteiger partial charge in [-0.25, -0.2) is 0 Å². The lowest BCUT2D eigenvalue weighted by molar-refractivity contribution is 0.882. The number of rotatable bonds is 2. The zero-order valence-electron chi connectivity index (χ0n) is 9.04. The molecule has 0 radical (unpaired) electrons. The molecule has 0 bridgehead atoms. The maximum atomic E-state index is 6.02. The summed E-state index contributed by atoms with van der Waals surface area (Å²) in [6.45, 7) is 4.07. The molecule has 0 amide bonds. The van der Waals surface area contributed by atoms with Gasteiger partial charge in [-0.3, -0.25) is 4.57 Å². The van der Waals surface area contributed by atoms with Gasteiger partial charge in [0.15, 0.2) is 0 Å². The van der Waals surface area contributed by atoms with Gasteiger partial charge in [-0.05, 0) is 36.2 Å². The topological polar surface area (TPSA) is 30.7 Å². The Hall–Kier alpha value is -0.870. The number of hydrogen-bond acceptors (Lipinski definition) is 2. The van der Waals surface area contributed by atoms with Crippen molar-refractivity contribution in [1.82, 2.24) is 14.8 Å². The minimum absolute atomic E-state index is 0.396. The van der Waals surface area contributed by atoms with Gasteiger partial charge in [0.2, 0.25) is 5.28 Å². The molecule has 3 nitrogen and oxygen atoms in total. The Morgan fingerprint density at radius 1 is 1.38 bits per heavy atom. The first-order chi connectivity index (χ1) is 7.63. The highest BCUT2D eigenvalue weighted by Gasteiger charge is 2.11. The summed E-state index contributed by atoms with van der Waals surface area (Å²) in [5.74, 6) is 0.862. The third-order valence-electron chi connectivity index (χ3n) is 2.42. The van der Waals surface area contributed by atoms with Crippen molar-refractivity contribution in [2.75, 3.05) is 0 Å². The third-order valence-corrected chi connectivity index (χ3v) is 3.52. The Kier molecular flexibility index (Phi) is 3.30. The van der Waals surface area contributed by atoms with Crippen molar-refractivity contribution in [1.29, 1.82) is 0 Å². The minimum Gasteiger partial charge on any atom is -0.270 e. The maximum Gasteiger partial charge on any atom is 0.229 e. The number of aryl methyl sites for hydroxylation is 2. The van der Waals surface area contributed by atoms with Gasteiger partial charge in [0.25, 0.3) is 0 Å². The van der Waals surface area contributed by atoms with Crippen LogP contribution >= 0.6 is 27.5 Å². The fraction of sp³-hybridized carbons (Fsp3) is 0.273. The number of halogens is 2. The maximum absolute atomic E-state index is 6.02. The van der Waals surface area contributed by atoms with Crippen LogP contribution in [0.25, 0.3) is 5.69 Å². The fourth-order valence-electron chi connectivity index (χ4n) is 1.50. The summed E-state index contributed by atoms with van der Waals surface area (Å²) < 4.78 is 2.91. The van der Waals surface area contributed by atoms with Crippen molar-refractivity contribution in [3.8, 4) is 5.69 Å². The molecule has 0 fully saturated rings. The number of hydrogen-bond donors (Lipinski definition) is 0. The van der Waals surface area contributed by atoms with Gasteiger partial charge < -0.3 is 0 Å². The van der Waals surface area contributed by atoms with Gasteiger partial charge in [-0.2, -0.15) is 0 Å². The van der Waals surface area contributed by atoms with E-state index >= 15 is 0 Å². The van der Waals surface area contributed by atoms with Crippen molar-refractivity contribution >= 4 is 27.5 Å². The Morgan fingerprint density at radius 3 is 2.75 bits per heavy atom. The smallest absolute Gasteiger partial charge is 0.229 e. The highest BCUT2D eigenvalue weighted by atomic mass is 79.9. The van der Waals surface area contributed by atoms with E-state index in [1.165, 1.54) is 5.56 Å². The number of benzene rings is 1. The molecule has 0 saturated heterocycles. The van der Waals surface area contributed by atoms with Crippen LogP contribution in [0.3, 0.4) is 0 Å². The lowest BCUT2D eigenvalue weighted by Gasteiger charge is -2.08. The van der Waals surface area contributed by atoms with E-state index in [2.05, 4.69) is 26.1 Å². The van der Waals surface area contributed by atoms with Crippen molar-refractivity contribution in [3.63, 3.8) is 0 Å². The molecule has 0 spiro atoms. The van der Waals surface area contributed by atoms with E-state index in [0.29, 0.717) is 5.28 Å². The monoisotopic (exact) mass is 299 g/mol. The standard InChI is InChI=1S/C11H11BrClN3/c1-3-10-14-15-11(13)16(10)8-5-4-7(2)9(12)6-8/h4-6H,3H2,1-2H3. The van der Waals surface area contributed by atoms with E-state index in [1.807, 2.05) is 36.6 Å². The molecule has 1 heterocycles. The van der Waals surface area contributed by atoms with Crippen LogP contribution in [0, 0.1) is 6.92 Å². The average Bonchev–Trinajstić information content (AvgIpc) is 2.64. The summed E-state index contributed by atoms with van der Waals surface area (Å²) in [7, 11) is 0. The van der Waals surface area contributed by atoms with E-state index in [0.717, 1.165) is 22.4 Å². The zero-order chi connectivity index (χ0) is 11.7. The second-order valence-electron chi connectivity index (χ2n) is 3.51. The molecule has 0 unspecified atom stereocenters. The SMILES string of the molecule is CCc1nnc(Cl)n1-c1ccc(C)c(Br)c1. The molecule has 0 saturated carbocycles. The van der Waals surface area contributed by atoms with E-state index in [4.69, 9.17) is 11.6 Å². The normalized spacial score (nSPS) is 10.8. The molecule has 1 aromatic heterocycles. The summed E-state index contributed by atoms with van der Waals surface area (Å²) in [6, 6.07) is 6.06. The van der Waals surface area contributed by atoms with E-state index in [1.54, 1.807) is 0 Å². The van der Waals surface area contributed by atoms with Gasteiger partial charge in [0.1, 0.15) is 5.82 Å². The van der Waals surface area contributed by atoms with Crippen LogP contribution in [-0.4, -0.2) is 14.8 Å². The van der Waals surface area contributed by atoms with Gasteiger partial charge in [-0.1, -0.05) is 28.9 Å². The summed E-state index contributed by atoms with van der Waals surface area (Å²) in [5, 5.41) is 8.30. The first-order valence-corrected chi connectivity index (χ1v) is 6.17. The van der Waals surface area contributed by atoms with Crippen LogP contribution in [0.4, 0.5) is 0 Å². The average molecular weight is 301 g/mol. The molecule has 0 aliphatic rings. The first-order valence-electron chi connectivity index (χ1n) is 4.99. The van der Waals surface area contributed by atoms with Crippen LogP contribution < -0.4 is 0 Å². The van der Waals surface area contributed by atoms with E-state index < -0.39 is 0 Å². The summed E-state index contributed by atoms with van der Waals surface area (Å²) in [5.41, 5.74) is 2.16. The number of nitrogens with zero attached hydrogens (tertiary/aromatic N) is 3. The minimum atomic E-state index is 0.396. The van der Waals surface area contributed by atoms with Crippen molar-refractivity contribution in [3.05, 3.63) is 39.3 Å². The largest absolute Gasteiger partial charge is 0.270 e. The molecular formula is C11H11BrClN3. The van der Waals surface area contributed by atoms with Crippen LogP contribution in [0.5, 0.6) is 0 Å². The Balaban J connectivity index is 2.57. The summed E-state index contributed by atoms with van der Waals surface area (Å²) in [6.07, 6.45) is 0.797. The molecule has 5 heteroatoms. The first kappa shape index (κ1) is 11.6. The summed E-state index contributed by atoms with van der Waals surface area (Å²) in [4.78, 5) is 0. The molecule has 2 rings (SSSR count). The molecule has 0 aliphatic heterocycles. The molecule has 0 N–H and O–H groups in total. The van der Waals surface area contributed by atoms with Crippen LogP contribution in [0.1, 0.15) is 18.3 Å². The molecular weight excluding hydrogens is 289 g/mol. The quantitative estimate of drug-likeness (QED) is 0.849. The fourth-order valence-corrected chi connectivity index (χ4v) is 2.10. The van der Waals surface area contributed by atoms with Crippen molar-refractivity contribution in [2.45, 2.75) is 20.3 Å². The number of aromatic nitrogens is 3. The van der Waals surface area contributed by atoms with E-state index in [9.17, 15) is 0 Å². The van der Waals surface area contributed by atoms with Gasteiger partial charge in [0, 0.05) is 10.9 Å². The van der Waals surface area contributed by atoms with E-state index in [-0.39, 0.29) is 0 Å². The Morgan fingerprint density at radius 2 is 2.12 bits per heavy atom. The summed E-state index contributed by atoms with van der Waals surface area (Å²) >= 11 is 9.53. The van der Waals surface area contributed by atoms with Crippen LogP contribution in [0.15, 0.2) is 22.7 Å². The molecule has 0 atom stereocenters. The molecule has 2 aromatic rings. The highest BCUT2D eigenvalue weighted by molar-refractivity contribution is 9.10. The predicted octanol–water partition coefficient (Wildman–Crippen LogP) is 3.55. The predicted molar refractivity (Wildman–Crippen MR) is 68.2 cm³/mol. The van der Waals surface area contributed by atoms with Gasteiger partial charge in [0.05, 0.1) is 5.69 Å². The second kappa shape index (κ2) is 4.55. The van der Waals surface area contributed by atoms with Crippen LogP contribution in [-0.2, 0) is 6.42 Å².